The average molecular weight is 207 g/mol. The molecule has 0 bridgehead atoms. The van der Waals surface area contributed by atoms with Crippen LogP contribution in [0, 0.1) is 0 Å². The van der Waals surface area contributed by atoms with E-state index in [-0.39, 0.29) is 0 Å². The maximum absolute atomic E-state index is 9.70. The molecule has 0 fully saturated rings. The van der Waals surface area contributed by atoms with Gasteiger partial charge < -0.3 is 25.4 Å². The molecular formula is C9H21NO4. The van der Waals surface area contributed by atoms with Crippen molar-refractivity contribution in [1.82, 2.24) is 0 Å². The van der Waals surface area contributed by atoms with E-state index >= 15 is 0 Å². The van der Waals surface area contributed by atoms with E-state index in [2.05, 4.69) is 0 Å². The highest BCUT2D eigenvalue weighted by molar-refractivity contribution is 4.77. The van der Waals surface area contributed by atoms with Gasteiger partial charge in [0.25, 0.3) is 0 Å². The summed E-state index contributed by atoms with van der Waals surface area (Å²) in [5.74, 6) is 0. The Morgan fingerprint density at radius 2 is 1.93 bits per heavy atom. The Labute approximate surface area is 84.8 Å². The molecule has 0 heterocycles. The van der Waals surface area contributed by atoms with Crippen molar-refractivity contribution in [3.63, 3.8) is 0 Å². The lowest BCUT2D eigenvalue weighted by atomic mass is 10.00. The fourth-order valence-electron chi connectivity index (χ4n) is 1.20. The zero-order chi connectivity index (χ0) is 11.4. The molecule has 3 unspecified atom stereocenters. The summed E-state index contributed by atoms with van der Waals surface area (Å²) in [7, 11) is 1.39. The first-order valence-electron chi connectivity index (χ1n) is 4.67. The van der Waals surface area contributed by atoms with Gasteiger partial charge in [-0.1, -0.05) is 6.92 Å². The number of hydrogen-bond donors (Lipinski definition) is 3. The summed E-state index contributed by atoms with van der Waals surface area (Å²) >= 11 is 0. The number of aliphatic hydroxyl groups is 2. The summed E-state index contributed by atoms with van der Waals surface area (Å²) in [6, 6.07) is 0. The van der Waals surface area contributed by atoms with Gasteiger partial charge in [0.1, 0.15) is 0 Å². The lowest BCUT2D eigenvalue weighted by Gasteiger charge is -2.32. The van der Waals surface area contributed by atoms with Crippen LogP contribution in [-0.2, 0) is 9.47 Å². The first-order chi connectivity index (χ1) is 6.32. The summed E-state index contributed by atoms with van der Waals surface area (Å²) in [6.07, 6.45) is -1.94. The summed E-state index contributed by atoms with van der Waals surface area (Å²) < 4.78 is 10.2. The van der Waals surface area contributed by atoms with Crippen LogP contribution in [0.5, 0.6) is 0 Å². The van der Waals surface area contributed by atoms with Crippen LogP contribution in [-0.4, -0.2) is 41.5 Å². The first-order valence-corrected chi connectivity index (χ1v) is 4.67. The molecule has 0 aliphatic carbocycles. The number of ether oxygens (including phenoxy) is 2. The molecule has 86 valence electrons. The minimum absolute atomic E-state index is 0.425. The molecule has 0 aromatic heterocycles. The Bertz CT molecular complexity index is 155. The van der Waals surface area contributed by atoms with Gasteiger partial charge in [0.05, 0.1) is 11.7 Å². The van der Waals surface area contributed by atoms with E-state index in [1.807, 2.05) is 6.92 Å². The molecule has 0 saturated heterocycles. The highest BCUT2D eigenvalue weighted by Crippen LogP contribution is 2.18. The zero-order valence-corrected chi connectivity index (χ0v) is 9.23. The number of aliphatic hydroxyl groups excluding tert-OH is 1. The van der Waals surface area contributed by atoms with Gasteiger partial charge in [-0.3, -0.25) is 0 Å². The van der Waals surface area contributed by atoms with E-state index < -0.39 is 24.2 Å². The van der Waals surface area contributed by atoms with Crippen LogP contribution in [0.1, 0.15) is 27.2 Å². The normalized spacial score (nSPS) is 19.1. The zero-order valence-electron chi connectivity index (χ0n) is 9.23. The van der Waals surface area contributed by atoms with Crippen LogP contribution in [0.25, 0.3) is 0 Å². The molecular weight excluding hydrogens is 186 g/mol. The van der Waals surface area contributed by atoms with E-state index in [0.29, 0.717) is 6.42 Å². The fourth-order valence-corrected chi connectivity index (χ4v) is 1.20. The van der Waals surface area contributed by atoms with Crippen LogP contribution in [0.15, 0.2) is 0 Å². The Hall–Kier alpha value is -0.200. The first kappa shape index (κ1) is 13.8. The van der Waals surface area contributed by atoms with E-state index in [4.69, 9.17) is 20.3 Å². The fraction of sp³-hybridized carbons (Fsp3) is 1.00. The predicted molar refractivity (Wildman–Crippen MR) is 52.5 cm³/mol. The quantitative estimate of drug-likeness (QED) is 0.525. The third kappa shape index (κ3) is 4.34. The Balaban J connectivity index is 4.29. The van der Waals surface area contributed by atoms with Gasteiger partial charge in [0, 0.05) is 7.11 Å². The second-order valence-corrected chi connectivity index (χ2v) is 3.78. The smallest absolute Gasteiger partial charge is 0.197 e. The van der Waals surface area contributed by atoms with Gasteiger partial charge in [0.2, 0.25) is 0 Å². The van der Waals surface area contributed by atoms with Gasteiger partial charge in [-0.2, -0.15) is 0 Å². The molecule has 5 nitrogen and oxygen atoms in total. The third-order valence-electron chi connectivity index (χ3n) is 1.97. The molecule has 0 aliphatic heterocycles. The summed E-state index contributed by atoms with van der Waals surface area (Å²) in [4.78, 5) is 0. The highest BCUT2D eigenvalue weighted by atomic mass is 16.7. The van der Waals surface area contributed by atoms with Crippen LogP contribution < -0.4 is 5.73 Å². The van der Waals surface area contributed by atoms with Crippen molar-refractivity contribution in [2.75, 3.05) is 7.11 Å². The molecule has 0 aromatic carbocycles. The average Bonchev–Trinajstić information content (AvgIpc) is 2.03. The van der Waals surface area contributed by atoms with E-state index in [9.17, 15) is 5.11 Å². The molecule has 3 atom stereocenters. The number of rotatable bonds is 6. The second-order valence-electron chi connectivity index (χ2n) is 3.78. The molecule has 0 spiro atoms. The molecule has 0 rings (SSSR count). The van der Waals surface area contributed by atoms with Crippen molar-refractivity contribution in [1.29, 1.82) is 0 Å². The van der Waals surface area contributed by atoms with Crippen molar-refractivity contribution >= 4 is 0 Å². The molecule has 0 amide bonds. The van der Waals surface area contributed by atoms with Crippen LogP contribution in [0.3, 0.4) is 0 Å². The van der Waals surface area contributed by atoms with Crippen molar-refractivity contribution in [2.45, 2.75) is 51.4 Å². The summed E-state index contributed by atoms with van der Waals surface area (Å²) in [5, 5.41) is 18.8. The Kier molecular flexibility index (Phi) is 5.54. The molecule has 14 heavy (non-hydrogen) atoms. The molecule has 0 aliphatic rings. The Morgan fingerprint density at radius 1 is 1.43 bits per heavy atom. The number of methoxy groups -OCH3 is 1. The van der Waals surface area contributed by atoms with Gasteiger partial charge >= 0.3 is 0 Å². The summed E-state index contributed by atoms with van der Waals surface area (Å²) in [5.41, 5.74) is 4.23. The number of nitrogens with two attached hydrogens (primary N) is 1. The monoisotopic (exact) mass is 207 g/mol. The molecule has 5 heteroatoms. The second kappa shape index (κ2) is 5.63. The molecule has 0 radical (unpaired) electrons. The predicted octanol–water partition coefficient (Wildman–Crippen LogP) is -0.198. The van der Waals surface area contributed by atoms with Crippen LogP contribution in [0.2, 0.25) is 0 Å². The van der Waals surface area contributed by atoms with E-state index in [1.165, 1.54) is 7.11 Å². The summed E-state index contributed by atoms with van der Waals surface area (Å²) in [6.45, 7) is 5.14. The van der Waals surface area contributed by atoms with Crippen molar-refractivity contribution in [3.8, 4) is 0 Å². The maximum Gasteiger partial charge on any atom is 0.197 e. The lowest BCUT2D eigenvalue weighted by Crippen LogP contribution is -2.46. The molecule has 0 aromatic rings. The minimum Gasteiger partial charge on any atom is -0.388 e. The maximum atomic E-state index is 9.70. The van der Waals surface area contributed by atoms with Gasteiger partial charge in [-0.15, -0.1) is 0 Å². The lowest BCUT2D eigenvalue weighted by molar-refractivity contribution is -0.232. The Morgan fingerprint density at radius 3 is 2.14 bits per heavy atom. The minimum atomic E-state index is -1.21. The standard InChI is InChI=1S/C9H21NO4/c1-5-6(9(2,3)12)14-8(13-4)7(10)11/h6-8,11-12H,5,10H2,1-4H3. The molecule has 4 N–H and O–H groups in total. The van der Waals surface area contributed by atoms with Crippen molar-refractivity contribution in [2.24, 2.45) is 5.73 Å². The van der Waals surface area contributed by atoms with Crippen molar-refractivity contribution in [3.05, 3.63) is 0 Å². The third-order valence-corrected chi connectivity index (χ3v) is 1.97. The van der Waals surface area contributed by atoms with Crippen LogP contribution >= 0.6 is 0 Å². The largest absolute Gasteiger partial charge is 0.388 e. The van der Waals surface area contributed by atoms with Gasteiger partial charge in [-0.05, 0) is 20.3 Å². The van der Waals surface area contributed by atoms with E-state index in [1.54, 1.807) is 13.8 Å². The SMILES string of the molecule is CCC(OC(OC)C(N)O)C(C)(C)O. The van der Waals surface area contributed by atoms with Gasteiger partial charge in [-0.25, -0.2) is 0 Å². The number of hydrogen-bond acceptors (Lipinski definition) is 5. The highest BCUT2D eigenvalue weighted by Gasteiger charge is 2.30. The van der Waals surface area contributed by atoms with Gasteiger partial charge in [0.15, 0.2) is 12.5 Å². The van der Waals surface area contributed by atoms with E-state index in [0.717, 1.165) is 0 Å². The molecule has 0 saturated carbocycles. The van der Waals surface area contributed by atoms with Crippen LogP contribution in [0.4, 0.5) is 0 Å². The topological polar surface area (TPSA) is 84.9 Å². The van der Waals surface area contributed by atoms with Crippen molar-refractivity contribution < 1.29 is 19.7 Å².